The number of halogens is 2. The molecule has 0 saturated heterocycles. The summed E-state index contributed by atoms with van der Waals surface area (Å²) in [6.45, 7) is -0.136. The summed E-state index contributed by atoms with van der Waals surface area (Å²) in [6, 6.07) is 8.56. The van der Waals surface area contributed by atoms with Gasteiger partial charge in [-0.2, -0.15) is 0 Å². The quantitative estimate of drug-likeness (QED) is 0.524. The minimum atomic E-state index is -0.725. The minimum Gasteiger partial charge on any atom is -0.467 e. The van der Waals surface area contributed by atoms with Gasteiger partial charge in [-0.3, -0.25) is 14.2 Å². The van der Waals surface area contributed by atoms with Gasteiger partial charge in [0.05, 0.1) is 29.0 Å². The van der Waals surface area contributed by atoms with E-state index in [0.29, 0.717) is 16.0 Å². The molecule has 0 unspecified atom stereocenters. The van der Waals surface area contributed by atoms with E-state index in [0.717, 1.165) is 22.0 Å². The summed E-state index contributed by atoms with van der Waals surface area (Å²) in [4.78, 5) is 38.3. The van der Waals surface area contributed by atoms with Crippen LogP contribution in [0.3, 0.4) is 0 Å². The summed E-state index contributed by atoms with van der Waals surface area (Å²) in [7, 11) is 0. The predicted octanol–water partition coefficient (Wildman–Crippen LogP) is 2.92. The van der Waals surface area contributed by atoms with E-state index in [4.69, 9.17) is 16.0 Å². The van der Waals surface area contributed by atoms with Crippen LogP contribution < -0.4 is 16.6 Å². The summed E-state index contributed by atoms with van der Waals surface area (Å²) >= 11 is 6.95. The Labute approximate surface area is 171 Å². The van der Waals surface area contributed by atoms with Crippen LogP contribution >= 0.6 is 22.9 Å². The van der Waals surface area contributed by atoms with Crippen LogP contribution in [0, 0.1) is 5.82 Å². The van der Waals surface area contributed by atoms with E-state index < -0.39 is 23.0 Å². The maximum absolute atomic E-state index is 13.5. The smallest absolute Gasteiger partial charge is 0.336 e. The normalized spacial score (nSPS) is 11.1. The molecule has 0 bridgehead atoms. The van der Waals surface area contributed by atoms with Crippen molar-refractivity contribution in [3.05, 3.63) is 85.5 Å². The first-order valence-electron chi connectivity index (χ1n) is 8.43. The first-order valence-corrected chi connectivity index (χ1v) is 9.69. The highest BCUT2D eigenvalue weighted by atomic mass is 35.5. The van der Waals surface area contributed by atoms with Gasteiger partial charge in [-0.25, -0.2) is 13.8 Å². The standard InChI is InChI=1S/C19H13ClFN3O4S/c20-13-8-11(3-4-14(13)21)24-18(26)17-15(5-7-29-17)23(19(24)27)10-16(25)22-9-12-2-1-6-28-12/h1-8H,9-10H2,(H,22,25). The van der Waals surface area contributed by atoms with Gasteiger partial charge in [0, 0.05) is 0 Å². The number of carbonyl (C=O) groups excluding carboxylic acids is 1. The summed E-state index contributed by atoms with van der Waals surface area (Å²) < 4.78 is 21.0. The second-order valence-electron chi connectivity index (χ2n) is 6.10. The van der Waals surface area contributed by atoms with Crippen LogP contribution in [-0.4, -0.2) is 15.0 Å². The highest BCUT2D eigenvalue weighted by molar-refractivity contribution is 7.17. The number of benzene rings is 1. The molecule has 0 aliphatic heterocycles. The SMILES string of the molecule is O=C(Cn1c(=O)n(-c2ccc(F)c(Cl)c2)c(=O)c2sccc21)NCc1ccco1. The number of hydrogen-bond donors (Lipinski definition) is 1. The fraction of sp³-hybridized carbons (Fsp3) is 0.105. The molecule has 4 aromatic rings. The number of furan rings is 1. The Morgan fingerprint density at radius 1 is 1.24 bits per heavy atom. The van der Waals surface area contributed by atoms with Gasteiger partial charge < -0.3 is 9.73 Å². The zero-order valence-corrected chi connectivity index (χ0v) is 16.3. The average Bonchev–Trinajstić information content (AvgIpc) is 3.38. The monoisotopic (exact) mass is 433 g/mol. The second kappa shape index (κ2) is 7.69. The van der Waals surface area contributed by atoms with Crippen LogP contribution in [0.15, 0.2) is 62.0 Å². The van der Waals surface area contributed by atoms with E-state index in [1.54, 1.807) is 23.6 Å². The molecule has 1 amide bonds. The molecule has 148 valence electrons. The molecule has 4 rings (SSSR count). The molecular weight excluding hydrogens is 421 g/mol. The number of nitrogens with one attached hydrogen (secondary N) is 1. The van der Waals surface area contributed by atoms with Gasteiger partial charge in [0.25, 0.3) is 5.56 Å². The van der Waals surface area contributed by atoms with Crippen LogP contribution in [0.2, 0.25) is 5.02 Å². The largest absolute Gasteiger partial charge is 0.467 e. The molecule has 0 radical (unpaired) electrons. The molecule has 29 heavy (non-hydrogen) atoms. The molecule has 0 saturated carbocycles. The lowest BCUT2D eigenvalue weighted by Crippen LogP contribution is -2.41. The van der Waals surface area contributed by atoms with Crippen LogP contribution in [0.5, 0.6) is 0 Å². The number of carbonyl (C=O) groups is 1. The average molecular weight is 434 g/mol. The number of thiophene rings is 1. The lowest BCUT2D eigenvalue weighted by molar-refractivity contribution is -0.121. The Kier molecular flexibility index (Phi) is 5.08. The molecule has 3 heterocycles. The van der Waals surface area contributed by atoms with Gasteiger partial charge in [-0.15, -0.1) is 11.3 Å². The molecule has 0 atom stereocenters. The van der Waals surface area contributed by atoms with Crippen molar-refractivity contribution < 1.29 is 13.6 Å². The first-order chi connectivity index (χ1) is 14.0. The lowest BCUT2D eigenvalue weighted by atomic mass is 10.3. The predicted molar refractivity (Wildman–Crippen MR) is 107 cm³/mol. The molecule has 0 aliphatic carbocycles. The Hall–Kier alpha value is -3.17. The number of nitrogens with zero attached hydrogens (tertiary/aromatic N) is 2. The highest BCUT2D eigenvalue weighted by Gasteiger charge is 2.18. The van der Waals surface area contributed by atoms with Crippen molar-refractivity contribution in [2.24, 2.45) is 0 Å². The zero-order chi connectivity index (χ0) is 20.5. The van der Waals surface area contributed by atoms with E-state index in [-0.39, 0.29) is 23.8 Å². The number of rotatable bonds is 5. The molecule has 1 N–H and O–H groups in total. The molecule has 3 aromatic heterocycles. The van der Waals surface area contributed by atoms with Crippen molar-refractivity contribution in [1.82, 2.24) is 14.5 Å². The van der Waals surface area contributed by atoms with Gasteiger partial charge >= 0.3 is 5.69 Å². The van der Waals surface area contributed by atoms with Crippen LogP contribution in [0.4, 0.5) is 4.39 Å². The topological polar surface area (TPSA) is 86.2 Å². The maximum atomic E-state index is 13.5. The van der Waals surface area contributed by atoms with Crippen molar-refractivity contribution in [2.75, 3.05) is 0 Å². The van der Waals surface area contributed by atoms with E-state index in [9.17, 15) is 18.8 Å². The molecule has 0 spiro atoms. The molecule has 1 aromatic carbocycles. The van der Waals surface area contributed by atoms with E-state index in [1.165, 1.54) is 23.0 Å². The Morgan fingerprint density at radius 2 is 2.07 bits per heavy atom. The molecular formula is C19H13ClFN3O4S. The fourth-order valence-electron chi connectivity index (χ4n) is 2.89. The first kappa shape index (κ1) is 19.2. The number of fused-ring (bicyclic) bond motifs is 1. The summed E-state index contributed by atoms with van der Waals surface area (Å²) in [5, 5.41) is 4.10. The summed E-state index contributed by atoms with van der Waals surface area (Å²) in [5.41, 5.74) is -0.819. The third kappa shape index (κ3) is 3.62. The Bertz CT molecular complexity index is 1320. The highest BCUT2D eigenvalue weighted by Crippen LogP contribution is 2.19. The molecule has 0 fully saturated rings. The van der Waals surface area contributed by atoms with E-state index in [2.05, 4.69) is 5.32 Å². The van der Waals surface area contributed by atoms with Crippen LogP contribution in [-0.2, 0) is 17.9 Å². The molecule has 10 heteroatoms. The number of hydrogen-bond acceptors (Lipinski definition) is 5. The maximum Gasteiger partial charge on any atom is 0.336 e. The van der Waals surface area contributed by atoms with Gasteiger partial charge in [0.1, 0.15) is 22.8 Å². The number of aromatic nitrogens is 2. The van der Waals surface area contributed by atoms with Crippen molar-refractivity contribution in [3.8, 4) is 5.69 Å². The van der Waals surface area contributed by atoms with Crippen LogP contribution in [0.1, 0.15) is 5.76 Å². The minimum absolute atomic E-state index is 0.117. The fourth-order valence-corrected chi connectivity index (χ4v) is 3.89. The van der Waals surface area contributed by atoms with Crippen LogP contribution in [0.25, 0.3) is 15.9 Å². The van der Waals surface area contributed by atoms with Crippen molar-refractivity contribution >= 4 is 39.1 Å². The van der Waals surface area contributed by atoms with E-state index in [1.807, 2.05) is 0 Å². The Morgan fingerprint density at radius 3 is 2.79 bits per heavy atom. The lowest BCUT2D eigenvalue weighted by Gasteiger charge is -2.12. The van der Waals surface area contributed by atoms with E-state index >= 15 is 0 Å². The van der Waals surface area contributed by atoms with Crippen molar-refractivity contribution in [3.63, 3.8) is 0 Å². The van der Waals surface area contributed by atoms with Crippen molar-refractivity contribution in [2.45, 2.75) is 13.1 Å². The second-order valence-corrected chi connectivity index (χ2v) is 7.42. The number of amides is 1. The van der Waals surface area contributed by atoms with Gasteiger partial charge in [-0.1, -0.05) is 11.6 Å². The Balaban J connectivity index is 1.76. The van der Waals surface area contributed by atoms with Gasteiger partial charge in [0.2, 0.25) is 5.91 Å². The van der Waals surface area contributed by atoms with Gasteiger partial charge in [0.15, 0.2) is 0 Å². The summed E-state index contributed by atoms with van der Waals surface area (Å²) in [6.07, 6.45) is 1.49. The molecule has 7 nitrogen and oxygen atoms in total. The summed E-state index contributed by atoms with van der Waals surface area (Å²) in [5.74, 6) is -0.533. The third-order valence-electron chi connectivity index (χ3n) is 4.26. The third-order valence-corrected chi connectivity index (χ3v) is 5.44. The molecule has 0 aliphatic rings. The van der Waals surface area contributed by atoms with Crippen molar-refractivity contribution in [1.29, 1.82) is 0 Å². The van der Waals surface area contributed by atoms with Gasteiger partial charge in [-0.05, 0) is 41.8 Å². The zero-order valence-electron chi connectivity index (χ0n) is 14.7.